The Hall–Kier alpha value is -1.36. The minimum absolute atomic E-state index is 0.167. The molecule has 0 spiro atoms. The highest BCUT2D eigenvalue weighted by atomic mass is 79.9. The van der Waals surface area contributed by atoms with Gasteiger partial charge < -0.3 is 15.6 Å². The van der Waals surface area contributed by atoms with Gasteiger partial charge in [0, 0.05) is 22.5 Å². The van der Waals surface area contributed by atoms with Crippen molar-refractivity contribution < 1.29 is 9.84 Å². The zero-order valence-electron chi connectivity index (χ0n) is 12.2. The second-order valence-electron chi connectivity index (χ2n) is 5.09. The van der Waals surface area contributed by atoms with Crippen LogP contribution in [-0.2, 0) is 0 Å². The third-order valence-electron chi connectivity index (χ3n) is 3.62. The van der Waals surface area contributed by atoms with E-state index < -0.39 is 6.10 Å². The van der Waals surface area contributed by atoms with Crippen LogP contribution in [0.1, 0.15) is 28.7 Å². The summed E-state index contributed by atoms with van der Waals surface area (Å²) in [7, 11) is 1.60. The number of aryl methyl sites for hydroxylation is 1. The van der Waals surface area contributed by atoms with Crippen LogP contribution >= 0.6 is 15.9 Å². The van der Waals surface area contributed by atoms with Crippen LogP contribution in [0, 0.1) is 6.92 Å². The van der Waals surface area contributed by atoms with Crippen molar-refractivity contribution in [2.45, 2.75) is 18.9 Å². The molecule has 0 radical (unpaired) electrons. The van der Waals surface area contributed by atoms with Crippen LogP contribution in [0.5, 0.6) is 5.75 Å². The predicted octanol–water partition coefficient (Wildman–Crippen LogP) is 3.54. The van der Waals surface area contributed by atoms with Crippen molar-refractivity contribution in [3.63, 3.8) is 0 Å². The van der Waals surface area contributed by atoms with E-state index in [9.17, 15) is 5.11 Å². The normalized spacial score (nSPS) is 13.8. The van der Waals surface area contributed by atoms with Gasteiger partial charge in [-0.25, -0.2) is 0 Å². The minimum Gasteiger partial charge on any atom is -0.496 e. The van der Waals surface area contributed by atoms with Crippen molar-refractivity contribution >= 4 is 15.9 Å². The molecule has 0 saturated carbocycles. The maximum absolute atomic E-state index is 10.8. The molecule has 3 N–H and O–H groups in total. The standard InChI is InChI=1S/C17H20BrNO2/c1-11-4-3-5-12(8-11)15(10-19)17(20)14-7-6-13(18)9-16(14)21-2/h3-9,15,17,20H,10,19H2,1-2H3. The third-order valence-corrected chi connectivity index (χ3v) is 4.11. The van der Waals surface area contributed by atoms with Crippen LogP contribution in [0.2, 0.25) is 0 Å². The minimum atomic E-state index is -0.708. The monoisotopic (exact) mass is 349 g/mol. The largest absolute Gasteiger partial charge is 0.496 e. The lowest BCUT2D eigenvalue weighted by Gasteiger charge is -2.24. The summed E-state index contributed by atoms with van der Waals surface area (Å²) in [4.78, 5) is 0. The average Bonchev–Trinajstić information content (AvgIpc) is 2.47. The molecular formula is C17H20BrNO2. The summed E-state index contributed by atoms with van der Waals surface area (Å²) in [5.41, 5.74) is 8.84. The number of aliphatic hydroxyl groups is 1. The van der Waals surface area contributed by atoms with Crippen molar-refractivity contribution in [1.29, 1.82) is 0 Å². The maximum Gasteiger partial charge on any atom is 0.125 e. The second-order valence-corrected chi connectivity index (χ2v) is 6.00. The van der Waals surface area contributed by atoms with Gasteiger partial charge in [-0.2, -0.15) is 0 Å². The average molecular weight is 350 g/mol. The molecule has 0 bridgehead atoms. The van der Waals surface area contributed by atoms with Gasteiger partial charge in [0.05, 0.1) is 13.2 Å². The molecule has 2 atom stereocenters. The molecule has 2 rings (SSSR count). The van der Waals surface area contributed by atoms with E-state index in [4.69, 9.17) is 10.5 Å². The first kappa shape index (κ1) is 16.0. The summed E-state index contributed by atoms with van der Waals surface area (Å²) in [6.45, 7) is 2.40. The van der Waals surface area contributed by atoms with Crippen LogP contribution in [0.4, 0.5) is 0 Å². The topological polar surface area (TPSA) is 55.5 Å². The molecule has 0 aliphatic carbocycles. The number of benzene rings is 2. The molecule has 4 heteroatoms. The number of hydrogen-bond donors (Lipinski definition) is 2. The Morgan fingerprint density at radius 3 is 2.62 bits per heavy atom. The number of halogens is 1. The van der Waals surface area contributed by atoms with E-state index in [0.29, 0.717) is 12.3 Å². The smallest absolute Gasteiger partial charge is 0.125 e. The van der Waals surface area contributed by atoms with Gasteiger partial charge in [-0.05, 0) is 24.6 Å². The summed E-state index contributed by atoms with van der Waals surface area (Å²) >= 11 is 3.41. The van der Waals surface area contributed by atoms with E-state index in [-0.39, 0.29) is 5.92 Å². The molecule has 21 heavy (non-hydrogen) atoms. The van der Waals surface area contributed by atoms with Crippen LogP contribution in [0.15, 0.2) is 46.9 Å². The molecular weight excluding hydrogens is 330 g/mol. The molecule has 2 aromatic rings. The van der Waals surface area contributed by atoms with Crippen molar-refractivity contribution in [2.75, 3.05) is 13.7 Å². The van der Waals surface area contributed by atoms with Crippen molar-refractivity contribution in [3.8, 4) is 5.75 Å². The molecule has 3 nitrogen and oxygen atoms in total. The molecule has 0 heterocycles. The van der Waals surface area contributed by atoms with E-state index in [0.717, 1.165) is 21.2 Å². The van der Waals surface area contributed by atoms with Gasteiger partial charge in [0.1, 0.15) is 5.75 Å². The number of aliphatic hydroxyl groups excluding tert-OH is 1. The van der Waals surface area contributed by atoms with E-state index in [1.54, 1.807) is 7.11 Å². The van der Waals surface area contributed by atoms with Crippen LogP contribution in [-0.4, -0.2) is 18.8 Å². The molecule has 112 valence electrons. The highest BCUT2D eigenvalue weighted by molar-refractivity contribution is 9.10. The number of hydrogen-bond acceptors (Lipinski definition) is 3. The van der Waals surface area contributed by atoms with Gasteiger partial charge in [0.2, 0.25) is 0 Å². The van der Waals surface area contributed by atoms with Gasteiger partial charge in [0.15, 0.2) is 0 Å². The fourth-order valence-corrected chi connectivity index (χ4v) is 2.83. The number of rotatable bonds is 5. The van der Waals surface area contributed by atoms with Gasteiger partial charge in [-0.1, -0.05) is 51.8 Å². The molecule has 2 unspecified atom stereocenters. The molecule has 0 fully saturated rings. The zero-order valence-corrected chi connectivity index (χ0v) is 13.8. The number of methoxy groups -OCH3 is 1. The van der Waals surface area contributed by atoms with Crippen LogP contribution in [0.3, 0.4) is 0 Å². The van der Waals surface area contributed by atoms with Crippen molar-refractivity contribution in [3.05, 3.63) is 63.6 Å². The lowest BCUT2D eigenvalue weighted by Crippen LogP contribution is -2.20. The second kappa shape index (κ2) is 7.07. The maximum atomic E-state index is 10.8. The van der Waals surface area contributed by atoms with E-state index in [1.165, 1.54) is 0 Å². The fourth-order valence-electron chi connectivity index (χ4n) is 2.49. The summed E-state index contributed by atoms with van der Waals surface area (Å²) in [6.07, 6.45) is -0.708. The first-order valence-electron chi connectivity index (χ1n) is 6.85. The van der Waals surface area contributed by atoms with E-state index in [2.05, 4.69) is 22.0 Å². The Bertz CT molecular complexity index is 615. The Kier molecular flexibility index (Phi) is 5.39. The molecule has 0 aliphatic rings. The number of nitrogens with two attached hydrogens (primary N) is 1. The van der Waals surface area contributed by atoms with Crippen molar-refractivity contribution in [2.24, 2.45) is 5.73 Å². The third kappa shape index (κ3) is 3.64. The summed E-state index contributed by atoms with van der Waals surface area (Å²) in [6, 6.07) is 13.7. The van der Waals surface area contributed by atoms with Gasteiger partial charge in [-0.15, -0.1) is 0 Å². The summed E-state index contributed by atoms with van der Waals surface area (Å²) in [5, 5.41) is 10.8. The van der Waals surface area contributed by atoms with Crippen LogP contribution in [0.25, 0.3) is 0 Å². The quantitative estimate of drug-likeness (QED) is 0.867. The molecule has 2 aromatic carbocycles. The zero-order chi connectivity index (χ0) is 15.4. The Labute approximate surface area is 133 Å². The van der Waals surface area contributed by atoms with Gasteiger partial charge in [0.25, 0.3) is 0 Å². The fraction of sp³-hybridized carbons (Fsp3) is 0.294. The molecule has 0 saturated heterocycles. The van der Waals surface area contributed by atoms with Gasteiger partial charge >= 0.3 is 0 Å². The van der Waals surface area contributed by atoms with E-state index >= 15 is 0 Å². The van der Waals surface area contributed by atoms with Gasteiger partial charge in [-0.3, -0.25) is 0 Å². The highest BCUT2D eigenvalue weighted by Gasteiger charge is 2.24. The first-order chi connectivity index (χ1) is 10.1. The Morgan fingerprint density at radius 2 is 2.00 bits per heavy atom. The molecule has 0 amide bonds. The van der Waals surface area contributed by atoms with Crippen molar-refractivity contribution in [1.82, 2.24) is 0 Å². The Balaban J connectivity index is 2.38. The molecule has 0 aliphatic heterocycles. The Morgan fingerprint density at radius 1 is 1.24 bits per heavy atom. The SMILES string of the molecule is COc1cc(Br)ccc1C(O)C(CN)c1cccc(C)c1. The summed E-state index contributed by atoms with van der Waals surface area (Å²) in [5.74, 6) is 0.489. The predicted molar refractivity (Wildman–Crippen MR) is 88.6 cm³/mol. The number of ether oxygens (including phenoxy) is 1. The lowest BCUT2D eigenvalue weighted by atomic mass is 9.88. The lowest BCUT2D eigenvalue weighted by molar-refractivity contribution is 0.143. The summed E-state index contributed by atoms with van der Waals surface area (Å²) < 4.78 is 6.28. The first-order valence-corrected chi connectivity index (χ1v) is 7.64. The van der Waals surface area contributed by atoms with Crippen LogP contribution < -0.4 is 10.5 Å². The highest BCUT2D eigenvalue weighted by Crippen LogP contribution is 2.36. The van der Waals surface area contributed by atoms with E-state index in [1.807, 2.05) is 43.3 Å². The molecule has 0 aromatic heterocycles.